The fourth-order valence-corrected chi connectivity index (χ4v) is 9.40. The molecule has 0 radical (unpaired) electrons. The lowest BCUT2D eigenvalue weighted by Gasteiger charge is -2.21. The van der Waals surface area contributed by atoms with Crippen LogP contribution in [0.4, 0.5) is 0 Å². The van der Waals surface area contributed by atoms with Crippen molar-refractivity contribution in [2.45, 2.75) is 19.3 Å². The van der Waals surface area contributed by atoms with E-state index in [0.29, 0.717) is 17.5 Å². The summed E-state index contributed by atoms with van der Waals surface area (Å²) in [7, 11) is 0. The van der Waals surface area contributed by atoms with Gasteiger partial charge in [0.25, 0.3) is 0 Å². The highest BCUT2D eigenvalue weighted by Gasteiger charge is 2.35. The summed E-state index contributed by atoms with van der Waals surface area (Å²) >= 11 is 1.80. The summed E-state index contributed by atoms with van der Waals surface area (Å²) < 4.78 is 2.49. The second-order valence-corrected chi connectivity index (χ2v) is 15.8. The first-order valence-electron chi connectivity index (χ1n) is 18.3. The number of pyridine rings is 1. The minimum absolute atomic E-state index is 0.136. The molecule has 3 aromatic heterocycles. The van der Waals surface area contributed by atoms with Crippen molar-refractivity contribution in [2.75, 3.05) is 0 Å². The number of thiophene rings is 1. The van der Waals surface area contributed by atoms with Gasteiger partial charge in [0.1, 0.15) is 0 Å². The van der Waals surface area contributed by atoms with Crippen molar-refractivity contribution in [2.24, 2.45) is 0 Å². The summed E-state index contributed by atoms with van der Waals surface area (Å²) in [5, 5.41) is 7.08. The van der Waals surface area contributed by atoms with Crippen LogP contribution < -0.4 is 0 Å². The molecule has 3 heterocycles. The minimum atomic E-state index is -0.136. The number of nitrogens with zero attached hydrogens (tertiary/aromatic N) is 4. The summed E-state index contributed by atoms with van der Waals surface area (Å²) in [5.41, 5.74) is 9.98. The van der Waals surface area contributed by atoms with Crippen LogP contribution in [0.3, 0.4) is 0 Å². The van der Waals surface area contributed by atoms with Gasteiger partial charge in [0.2, 0.25) is 0 Å². The Morgan fingerprint density at radius 2 is 1.04 bits per heavy atom. The van der Waals surface area contributed by atoms with E-state index in [1.54, 1.807) is 11.3 Å². The number of hydrogen-bond donors (Lipinski definition) is 0. The van der Waals surface area contributed by atoms with Crippen molar-refractivity contribution in [3.05, 3.63) is 169 Å². The molecule has 4 nitrogen and oxygen atoms in total. The molecule has 0 N–H and O–H groups in total. The van der Waals surface area contributed by atoms with E-state index in [1.165, 1.54) is 47.8 Å². The lowest BCUT2D eigenvalue weighted by Crippen LogP contribution is -2.15. The van der Waals surface area contributed by atoms with Crippen molar-refractivity contribution < 1.29 is 0 Å². The van der Waals surface area contributed by atoms with Crippen molar-refractivity contribution in [3.63, 3.8) is 0 Å². The summed E-state index contributed by atoms with van der Waals surface area (Å²) in [6.45, 7) is 4.62. The average Bonchev–Trinajstić information content (AvgIpc) is 3.71. The van der Waals surface area contributed by atoms with E-state index in [1.807, 2.05) is 12.3 Å². The maximum atomic E-state index is 5.21. The van der Waals surface area contributed by atoms with Gasteiger partial charge in [-0.15, -0.1) is 11.3 Å². The maximum absolute atomic E-state index is 5.21. The molecule has 7 aromatic carbocycles. The summed E-state index contributed by atoms with van der Waals surface area (Å²) in [6.07, 6.45) is 1.95. The minimum Gasteiger partial charge on any atom is -0.256 e. The molecule has 0 saturated heterocycles. The number of fused-ring (bicyclic) bond motifs is 8. The molecule has 0 unspecified atom stereocenters. The molecule has 0 saturated carbocycles. The largest absolute Gasteiger partial charge is 0.256 e. The first kappa shape index (κ1) is 31.0. The topological polar surface area (TPSA) is 51.6 Å². The third-order valence-corrected chi connectivity index (χ3v) is 12.3. The van der Waals surface area contributed by atoms with Crippen LogP contribution in [0.2, 0.25) is 0 Å². The van der Waals surface area contributed by atoms with E-state index in [0.717, 1.165) is 44.1 Å². The van der Waals surface area contributed by atoms with E-state index >= 15 is 0 Å². The highest BCUT2D eigenvalue weighted by atomic mass is 32.1. The van der Waals surface area contributed by atoms with E-state index in [2.05, 4.69) is 159 Å². The van der Waals surface area contributed by atoms with Crippen molar-refractivity contribution in [1.82, 2.24) is 19.9 Å². The van der Waals surface area contributed by atoms with Gasteiger partial charge in [0.05, 0.1) is 5.69 Å². The molecule has 1 aliphatic carbocycles. The second-order valence-electron chi connectivity index (χ2n) is 14.7. The van der Waals surface area contributed by atoms with Gasteiger partial charge in [-0.1, -0.05) is 129 Å². The third kappa shape index (κ3) is 4.89. The molecule has 0 atom stereocenters. The van der Waals surface area contributed by atoms with E-state index < -0.39 is 0 Å². The predicted molar refractivity (Wildman–Crippen MR) is 225 cm³/mol. The number of aromatic nitrogens is 4. The van der Waals surface area contributed by atoms with Gasteiger partial charge < -0.3 is 0 Å². The Hall–Kier alpha value is -6.56. The van der Waals surface area contributed by atoms with Crippen LogP contribution in [0.15, 0.2) is 158 Å². The highest BCUT2D eigenvalue weighted by Crippen LogP contribution is 2.49. The van der Waals surface area contributed by atoms with Crippen LogP contribution in [-0.2, 0) is 5.41 Å². The van der Waals surface area contributed by atoms with E-state index in [-0.39, 0.29) is 5.41 Å². The molecule has 11 rings (SSSR count). The lowest BCUT2D eigenvalue weighted by molar-refractivity contribution is 0.660. The normalized spacial score (nSPS) is 13.1. The molecular formula is C49H32N4S. The number of rotatable bonds is 4. The lowest BCUT2D eigenvalue weighted by atomic mass is 9.82. The summed E-state index contributed by atoms with van der Waals surface area (Å²) in [5.74, 6) is 1.97. The van der Waals surface area contributed by atoms with Crippen molar-refractivity contribution in [3.8, 4) is 56.5 Å². The molecular weight excluding hydrogens is 677 g/mol. The Kier molecular flexibility index (Phi) is 6.73. The molecule has 0 amide bonds. The first-order chi connectivity index (χ1) is 26.5. The average molecular weight is 709 g/mol. The zero-order valence-electron chi connectivity index (χ0n) is 29.7. The molecule has 10 aromatic rings. The zero-order chi connectivity index (χ0) is 36.0. The van der Waals surface area contributed by atoms with Gasteiger partial charge in [-0.25, -0.2) is 15.0 Å². The van der Waals surface area contributed by atoms with Gasteiger partial charge in [-0.2, -0.15) is 0 Å². The Morgan fingerprint density at radius 3 is 1.89 bits per heavy atom. The Labute approximate surface area is 316 Å². The first-order valence-corrected chi connectivity index (χ1v) is 19.1. The second kappa shape index (κ2) is 11.7. The Morgan fingerprint density at radius 1 is 0.426 bits per heavy atom. The molecule has 254 valence electrons. The SMILES string of the molecule is CC1(C)c2ccccc2-c2ccc(-c3nc(-c4ccc5ccc(-c6cc7ccccc7cn6)cc5c4)nc(-c4ccc5c(c4)sc4ccccc45)n3)cc21. The third-order valence-electron chi connectivity index (χ3n) is 11.1. The Bertz CT molecular complexity index is 3160. The van der Waals surface area contributed by atoms with Gasteiger partial charge in [-0.05, 0) is 74.8 Å². The smallest absolute Gasteiger partial charge is 0.164 e. The fourth-order valence-electron chi connectivity index (χ4n) is 8.26. The van der Waals surface area contributed by atoms with Crippen LogP contribution >= 0.6 is 11.3 Å². The van der Waals surface area contributed by atoms with Crippen LogP contribution in [-0.4, -0.2) is 19.9 Å². The summed E-state index contributed by atoms with van der Waals surface area (Å²) in [4.78, 5) is 20.4. The predicted octanol–water partition coefficient (Wildman–Crippen LogP) is 12.9. The van der Waals surface area contributed by atoms with E-state index in [4.69, 9.17) is 19.9 Å². The van der Waals surface area contributed by atoms with Gasteiger partial charge in [0, 0.05) is 59.4 Å². The highest BCUT2D eigenvalue weighted by molar-refractivity contribution is 7.25. The van der Waals surface area contributed by atoms with Gasteiger partial charge in [-0.3, -0.25) is 4.98 Å². The molecule has 0 bridgehead atoms. The fraction of sp³-hybridized carbons (Fsp3) is 0.0612. The quantitative estimate of drug-likeness (QED) is 0.183. The van der Waals surface area contributed by atoms with Gasteiger partial charge in [0.15, 0.2) is 17.5 Å². The van der Waals surface area contributed by atoms with Crippen molar-refractivity contribution >= 4 is 53.1 Å². The van der Waals surface area contributed by atoms with Gasteiger partial charge >= 0.3 is 0 Å². The molecule has 0 spiro atoms. The van der Waals surface area contributed by atoms with Crippen molar-refractivity contribution in [1.29, 1.82) is 0 Å². The van der Waals surface area contributed by atoms with Crippen LogP contribution in [0.5, 0.6) is 0 Å². The Balaban J connectivity index is 1.07. The maximum Gasteiger partial charge on any atom is 0.164 e. The van der Waals surface area contributed by atoms with E-state index in [9.17, 15) is 0 Å². The molecule has 0 aliphatic heterocycles. The zero-order valence-corrected chi connectivity index (χ0v) is 30.5. The number of hydrogen-bond acceptors (Lipinski definition) is 5. The van der Waals surface area contributed by atoms with Crippen LogP contribution in [0.1, 0.15) is 25.0 Å². The molecule has 54 heavy (non-hydrogen) atoms. The summed E-state index contributed by atoms with van der Waals surface area (Å²) in [6, 6.07) is 54.1. The molecule has 5 heteroatoms. The molecule has 1 aliphatic rings. The van der Waals surface area contributed by atoms with Crippen LogP contribution in [0.25, 0.3) is 98.3 Å². The number of benzene rings is 7. The van der Waals surface area contributed by atoms with Crippen LogP contribution in [0, 0.1) is 0 Å². The molecule has 0 fully saturated rings. The standard InChI is InChI=1S/C49H32N4S/c1-49(2)41-13-7-5-11-37(41)38-21-19-33(25-42(38)49)47-51-46(52-48(53-47)34-20-22-40-39-12-6-8-14-44(39)54-45(40)27-34)32-18-16-29-15-17-31(23-36(29)24-32)43-26-30-9-3-4-10-35(30)28-50-43/h3-28H,1-2H3. The monoisotopic (exact) mass is 708 g/mol.